The molecule has 0 spiro atoms. The van der Waals surface area contributed by atoms with Crippen molar-refractivity contribution in [2.24, 2.45) is 0 Å². The van der Waals surface area contributed by atoms with E-state index in [4.69, 9.17) is 10.00 Å². The standard InChI is InChI=1S/C10H10BrNO/c1-13-10-6-8(3-2-4-12)5-9(11)7-10/h5-7H,2-3H2,1H3. The van der Waals surface area contributed by atoms with Crippen LogP contribution in [0.2, 0.25) is 0 Å². The van der Waals surface area contributed by atoms with Crippen molar-refractivity contribution in [1.29, 1.82) is 5.26 Å². The van der Waals surface area contributed by atoms with Crippen molar-refractivity contribution in [2.75, 3.05) is 7.11 Å². The molecular weight excluding hydrogens is 230 g/mol. The summed E-state index contributed by atoms with van der Waals surface area (Å²) in [7, 11) is 1.63. The lowest BCUT2D eigenvalue weighted by atomic mass is 10.1. The van der Waals surface area contributed by atoms with E-state index in [0.29, 0.717) is 6.42 Å². The first-order chi connectivity index (χ1) is 6.26. The largest absolute Gasteiger partial charge is 0.497 e. The minimum absolute atomic E-state index is 0.541. The predicted molar refractivity (Wildman–Crippen MR) is 54.6 cm³/mol. The fourth-order valence-corrected chi connectivity index (χ4v) is 1.60. The van der Waals surface area contributed by atoms with Crippen LogP contribution in [0.25, 0.3) is 0 Å². The summed E-state index contributed by atoms with van der Waals surface area (Å²) in [6.45, 7) is 0. The molecule has 0 heterocycles. The number of ether oxygens (including phenoxy) is 1. The lowest BCUT2D eigenvalue weighted by molar-refractivity contribution is 0.414. The van der Waals surface area contributed by atoms with E-state index in [1.165, 1.54) is 0 Å². The van der Waals surface area contributed by atoms with Gasteiger partial charge in [0.25, 0.3) is 0 Å². The van der Waals surface area contributed by atoms with Crippen molar-refractivity contribution in [3.05, 3.63) is 28.2 Å². The quantitative estimate of drug-likeness (QED) is 0.813. The highest BCUT2D eigenvalue weighted by Gasteiger charge is 1.98. The molecule has 0 bridgehead atoms. The highest BCUT2D eigenvalue weighted by molar-refractivity contribution is 9.10. The summed E-state index contributed by atoms with van der Waals surface area (Å²) in [5.74, 6) is 0.822. The Bertz CT molecular complexity index is 330. The SMILES string of the molecule is COc1cc(Br)cc(CCC#N)c1. The van der Waals surface area contributed by atoms with Crippen LogP contribution in [-0.4, -0.2) is 7.11 Å². The summed E-state index contributed by atoms with van der Waals surface area (Å²) in [6.07, 6.45) is 1.31. The number of hydrogen-bond donors (Lipinski definition) is 0. The number of nitriles is 1. The van der Waals surface area contributed by atoms with Gasteiger partial charge < -0.3 is 4.74 Å². The number of hydrogen-bond acceptors (Lipinski definition) is 2. The van der Waals surface area contributed by atoms with Crippen LogP contribution in [0.15, 0.2) is 22.7 Å². The van der Waals surface area contributed by atoms with Crippen molar-refractivity contribution in [3.63, 3.8) is 0 Å². The average molecular weight is 240 g/mol. The minimum Gasteiger partial charge on any atom is -0.497 e. The number of nitrogens with zero attached hydrogens (tertiary/aromatic N) is 1. The lowest BCUT2D eigenvalue weighted by Crippen LogP contribution is -1.88. The molecule has 3 heteroatoms. The van der Waals surface area contributed by atoms with Crippen LogP contribution >= 0.6 is 15.9 Å². The zero-order valence-corrected chi connectivity index (χ0v) is 8.97. The second-order valence-corrected chi connectivity index (χ2v) is 3.57. The maximum absolute atomic E-state index is 8.43. The van der Waals surface area contributed by atoms with Crippen molar-refractivity contribution in [1.82, 2.24) is 0 Å². The Morgan fingerprint density at radius 1 is 1.46 bits per heavy atom. The van der Waals surface area contributed by atoms with Gasteiger partial charge in [0.2, 0.25) is 0 Å². The molecule has 1 aromatic rings. The van der Waals surface area contributed by atoms with E-state index in [9.17, 15) is 0 Å². The summed E-state index contributed by atoms with van der Waals surface area (Å²) >= 11 is 3.38. The number of benzene rings is 1. The number of methoxy groups -OCH3 is 1. The van der Waals surface area contributed by atoms with Crippen LogP contribution < -0.4 is 4.74 Å². The molecule has 0 N–H and O–H groups in total. The van der Waals surface area contributed by atoms with Gasteiger partial charge in [-0.15, -0.1) is 0 Å². The molecule has 2 nitrogen and oxygen atoms in total. The van der Waals surface area contributed by atoms with E-state index in [0.717, 1.165) is 22.2 Å². The van der Waals surface area contributed by atoms with Crippen LogP contribution in [0.1, 0.15) is 12.0 Å². The molecule has 0 atom stereocenters. The fraction of sp³-hybridized carbons (Fsp3) is 0.300. The van der Waals surface area contributed by atoms with Gasteiger partial charge in [0.05, 0.1) is 13.2 Å². The zero-order chi connectivity index (χ0) is 9.68. The first kappa shape index (κ1) is 10.1. The Morgan fingerprint density at radius 3 is 2.85 bits per heavy atom. The third-order valence-electron chi connectivity index (χ3n) is 1.69. The third-order valence-corrected chi connectivity index (χ3v) is 2.15. The van der Waals surface area contributed by atoms with Gasteiger partial charge in [-0.1, -0.05) is 15.9 Å². The number of rotatable bonds is 3. The predicted octanol–water partition coefficient (Wildman–Crippen LogP) is 2.91. The summed E-state index contributed by atoms with van der Waals surface area (Å²) in [4.78, 5) is 0. The van der Waals surface area contributed by atoms with E-state index in [1.54, 1.807) is 7.11 Å². The maximum Gasteiger partial charge on any atom is 0.120 e. The molecule has 0 aliphatic carbocycles. The molecular formula is C10H10BrNO. The highest BCUT2D eigenvalue weighted by atomic mass is 79.9. The molecule has 0 saturated carbocycles. The van der Waals surface area contributed by atoms with Crippen molar-refractivity contribution in [3.8, 4) is 11.8 Å². The fourth-order valence-electron chi connectivity index (χ4n) is 1.08. The molecule has 0 radical (unpaired) electrons. The molecule has 0 aliphatic rings. The summed E-state index contributed by atoms with van der Waals surface area (Å²) in [5, 5.41) is 8.43. The average Bonchev–Trinajstić information content (AvgIpc) is 2.14. The number of aryl methyl sites for hydroxylation is 1. The van der Waals surface area contributed by atoms with Gasteiger partial charge in [-0.25, -0.2) is 0 Å². The smallest absolute Gasteiger partial charge is 0.120 e. The van der Waals surface area contributed by atoms with Crippen molar-refractivity contribution >= 4 is 15.9 Å². The minimum atomic E-state index is 0.541. The number of halogens is 1. The lowest BCUT2D eigenvalue weighted by Gasteiger charge is -2.03. The zero-order valence-electron chi connectivity index (χ0n) is 7.38. The Hall–Kier alpha value is -1.01. The second-order valence-electron chi connectivity index (χ2n) is 2.66. The molecule has 0 unspecified atom stereocenters. The van der Waals surface area contributed by atoms with Gasteiger partial charge >= 0.3 is 0 Å². The first-order valence-electron chi connectivity index (χ1n) is 3.96. The summed E-state index contributed by atoms with van der Waals surface area (Å²) < 4.78 is 6.09. The molecule has 0 aromatic heterocycles. The van der Waals surface area contributed by atoms with E-state index in [1.807, 2.05) is 18.2 Å². The summed E-state index contributed by atoms with van der Waals surface area (Å²) in [6, 6.07) is 7.96. The highest BCUT2D eigenvalue weighted by Crippen LogP contribution is 2.21. The summed E-state index contributed by atoms with van der Waals surface area (Å²) in [5.41, 5.74) is 1.12. The normalized spacial score (nSPS) is 9.31. The Labute approximate surface area is 86.3 Å². The van der Waals surface area contributed by atoms with E-state index in [2.05, 4.69) is 22.0 Å². The van der Waals surface area contributed by atoms with Gasteiger partial charge in [-0.3, -0.25) is 0 Å². The maximum atomic E-state index is 8.43. The van der Waals surface area contributed by atoms with Crippen LogP contribution in [-0.2, 0) is 6.42 Å². The van der Waals surface area contributed by atoms with Crippen molar-refractivity contribution < 1.29 is 4.74 Å². The van der Waals surface area contributed by atoms with Crippen LogP contribution in [0, 0.1) is 11.3 Å². The monoisotopic (exact) mass is 239 g/mol. The second kappa shape index (κ2) is 4.88. The Kier molecular flexibility index (Phi) is 3.78. The van der Waals surface area contributed by atoms with Gasteiger partial charge in [-0.2, -0.15) is 5.26 Å². The molecule has 0 aliphatic heterocycles. The molecule has 13 heavy (non-hydrogen) atoms. The molecule has 0 amide bonds. The van der Waals surface area contributed by atoms with E-state index >= 15 is 0 Å². The van der Waals surface area contributed by atoms with Crippen LogP contribution in [0.4, 0.5) is 0 Å². The Morgan fingerprint density at radius 2 is 2.23 bits per heavy atom. The van der Waals surface area contributed by atoms with Gasteiger partial charge in [0.1, 0.15) is 5.75 Å². The van der Waals surface area contributed by atoms with Gasteiger partial charge in [0, 0.05) is 10.9 Å². The van der Waals surface area contributed by atoms with Gasteiger partial charge in [-0.05, 0) is 30.2 Å². The molecule has 1 aromatic carbocycles. The topological polar surface area (TPSA) is 33.0 Å². The van der Waals surface area contributed by atoms with Crippen LogP contribution in [0.3, 0.4) is 0 Å². The molecule has 1 rings (SSSR count). The molecule has 0 fully saturated rings. The Balaban J connectivity index is 2.83. The first-order valence-corrected chi connectivity index (χ1v) is 4.76. The van der Waals surface area contributed by atoms with Gasteiger partial charge in [0.15, 0.2) is 0 Å². The van der Waals surface area contributed by atoms with E-state index in [-0.39, 0.29) is 0 Å². The van der Waals surface area contributed by atoms with Crippen molar-refractivity contribution in [2.45, 2.75) is 12.8 Å². The molecule has 0 saturated heterocycles. The third kappa shape index (κ3) is 3.08. The van der Waals surface area contributed by atoms with Crippen LogP contribution in [0.5, 0.6) is 5.75 Å². The van der Waals surface area contributed by atoms with E-state index < -0.39 is 0 Å². The molecule has 68 valence electrons.